The van der Waals surface area contributed by atoms with Crippen LogP contribution in [0.4, 0.5) is 14.5 Å². The quantitative estimate of drug-likeness (QED) is 0.574. The van der Waals surface area contributed by atoms with E-state index in [4.69, 9.17) is 4.74 Å². The molecule has 2 aromatic rings. The molecule has 1 aliphatic rings. The summed E-state index contributed by atoms with van der Waals surface area (Å²) in [7, 11) is 3.43. The Hall–Kier alpha value is -2.68. The average Bonchev–Trinajstić information content (AvgIpc) is 3.02. The van der Waals surface area contributed by atoms with Crippen molar-refractivity contribution >= 4 is 11.6 Å². The highest BCUT2D eigenvalue weighted by atomic mass is 19.1. The summed E-state index contributed by atoms with van der Waals surface area (Å²) in [6.07, 6.45) is 0. The third-order valence-corrected chi connectivity index (χ3v) is 5.50. The van der Waals surface area contributed by atoms with Gasteiger partial charge in [-0.05, 0) is 26.0 Å². The van der Waals surface area contributed by atoms with Gasteiger partial charge in [0.05, 0.1) is 24.5 Å². The Bertz CT molecular complexity index is 890. The van der Waals surface area contributed by atoms with Crippen LogP contribution in [0.15, 0.2) is 23.2 Å². The Labute approximate surface area is 176 Å². The van der Waals surface area contributed by atoms with Crippen molar-refractivity contribution in [1.29, 1.82) is 0 Å². The molecular weight excluding hydrogens is 390 g/mol. The summed E-state index contributed by atoms with van der Waals surface area (Å²) < 4.78 is 34.7. The van der Waals surface area contributed by atoms with Crippen molar-refractivity contribution in [2.75, 3.05) is 51.8 Å². The fourth-order valence-electron chi connectivity index (χ4n) is 3.77. The van der Waals surface area contributed by atoms with Crippen molar-refractivity contribution in [2.24, 2.45) is 4.99 Å². The van der Waals surface area contributed by atoms with Gasteiger partial charge in [-0.25, -0.2) is 8.78 Å². The maximum absolute atomic E-state index is 14.1. The van der Waals surface area contributed by atoms with Crippen LogP contribution in [0.2, 0.25) is 0 Å². The van der Waals surface area contributed by atoms with Gasteiger partial charge >= 0.3 is 0 Å². The first-order chi connectivity index (χ1) is 14.4. The average molecular weight is 421 g/mol. The van der Waals surface area contributed by atoms with Gasteiger partial charge in [-0.3, -0.25) is 9.67 Å². The molecule has 7 nitrogen and oxygen atoms in total. The van der Waals surface area contributed by atoms with Gasteiger partial charge in [-0.2, -0.15) is 5.10 Å². The van der Waals surface area contributed by atoms with E-state index in [1.165, 1.54) is 12.1 Å². The minimum absolute atomic E-state index is 0.312. The number of aliphatic imine (C=N–C) groups is 1. The Morgan fingerprint density at radius 1 is 1.20 bits per heavy atom. The summed E-state index contributed by atoms with van der Waals surface area (Å²) >= 11 is 0. The smallest absolute Gasteiger partial charge is 0.194 e. The third-order valence-electron chi connectivity index (χ3n) is 5.50. The number of aromatic nitrogens is 2. The van der Waals surface area contributed by atoms with Crippen molar-refractivity contribution in [1.82, 2.24) is 20.0 Å². The zero-order valence-electron chi connectivity index (χ0n) is 18.1. The van der Waals surface area contributed by atoms with Gasteiger partial charge in [0.15, 0.2) is 5.96 Å². The highest BCUT2D eigenvalue weighted by Gasteiger charge is 2.22. The molecule has 0 atom stereocenters. The lowest BCUT2D eigenvalue weighted by atomic mass is 10.2. The van der Waals surface area contributed by atoms with E-state index in [-0.39, 0.29) is 0 Å². The first-order valence-corrected chi connectivity index (χ1v) is 10.1. The lowest BCUT2D eigenvalue weighted by Crippen LogP contribution is -2.52. The lowest BCUT2D eigenvalue weighted by molar-refractivity contribution is 0.182. The number of rotatable bonds is 6. The van der Waals surface area contributed by atoms with Gasteiger partial charge in [0.1, 0.15) is 11.6 Å². The minimum atomic E-state index is -0.428. The molecule has 0 radical (unpaired) electrons. The monoisotopic (exact) mass is 420 g/mol. The van der Waals surface area contributed by atoms with Crippen LogP contribution in [-0.4, -0.2) is 67.6 Å². The van der Waals surface area contributed by atoms with E-state index in [0.717, 1.165) is 35.5 Å². The normalized spacial score (nSPS) is 15.1. The van der Waals surface area contributed by atoms with Crippen molar-refractivity contribution in [2.45, 2.75) is 26.9 Å². The number of guanidine groups is 1. The van der Waals surface area contributed by atoms with Gasteiger partial charge in [0, 0.05) is 64.2 Å². The lowest BCUT2D eigenvalue weighted by Gasteiger charge is -2.37. The zero-order valence-corrected chi connectivity index (χ0v) is 18.1. The zero-order chi connectivity index (χ0) is 21.7. The van der Waals surface area contributed by atoms with Crippen molar-refractivity contribution in [3.63, 3.8) is 0 Å². The molecule has 0 saturated carbocycles. The molecule has 1 saturated heterocycles. The Balaban J connectivity index is 1.59. The van der Waals surface area contributed by atoms with E-state index in [9.17, 15) is 8.78 Å². The number of aryl methyl sites for hydroxylation is 1. The highest BCUT2D eigenvalue weighted by Crippen LogP contribution is 2.22. The minimum Gasteiger partial charge on any atom is -0.383 e. The molecule has 1 aliphatic heterocycles. The third kappa shape index (κ3) is 4.89. The summed E-state index contributed by atoms with van der Waals surface area (Å²) in [5.74, 6) is -0.0373. The molecule has 3 rings (SSSR count). The maximum atomic E-state index is 14.1. The molecule has 9 heteroatoms. The SMILES string of the molecule is CN=C(NCc1c(C)nn(CCOC)c1C)N1CCN(c2cc(F)ccc2F)CC1. The van der Waals surface area contributed by atoms with Gasteiger partial charge in [0.2, 0.25) is 0 Å². The van der Waals surface area contributed by atoms with E-state index in [1.54, 1.807) is 14.2 Å². The molecule has 164 valence electrons. The summed E-state index contributed by atoms with van der Waals surface area (Å²) in [5, 5.41) is 8.01. The standard InChI is InChI=1S/C21H30F2N6O/c1-15-18(16(2)29(26-15)11-12-30-4)14-25-21(24-3)28-9-7-27(8-10-28)20-13-17(22)5-6-19(20)23/h5-6,13H,7-12,14H2,1-4H3,(H,24,25). The van der Waals surface area contributed by atoms with Crippen LogP contribution >= 0.6 is 0 Å². The molecule has 2 heterocycles. The number of ether oxygens (including phenoxy) is 1. The van der Waals surface area contributed by atoms with Gasteiger partial charge < -0.3 is 19.9 Å². The molecule has 1 aromatic carbocycles. The Morgan fingerprint density at radius 2 is 1.93 bits per heavy atom. The topological polar surface area (TPSA) is 57.9 Å². The number of hydrogen-bond donors (Lipinski definition) is 1. The van der Waals surface area contributed by atoms with E-state index in [1.807, 2.05) is 16.5 Å². The molecule has 0 spiro atoms. The molecule has 1 N–H and O–H groups in total. The fourth-order valence-corrected chi connectivity index (χ4v) is 3.77. The Morgan fingerprint density at radius 3 is 2.60 bits per heavy atom. The summed E-state index contributed by atoms with van der Waals surface area (Å²) in [5.41, 5.74) is 3.55. The van der Waals surface area contributed by atoms with E-state index >= 15 is 0 Å². The summed E-state index contributed by atoms with van der Waals surface area (Å²) in [6, 6.07) is 3.57. The van der Waals surface area contributed by atoms with Crippen molar-refractivity contribution < 1.29 is 13.5 Å². The number of benzene rings is 1. The van der Waals surface area contributed by atoms with Crippen LogP contribution in [-0.2, 0) is 17.8 Å². The van der Waals surface area contributed by atoms with Crippen molar-refractivity contribution in [3.05, 3.63) is 46.8 Å². The highest BCUT2D eigenvalue weighted by molar-refractivity contribution is 5.80. The predicted octanol–water partition coefficient (Wildman–Crippen LogP) is 2.32. The number of nitrogens with one attached hydrogen (secondary N) is 1. The van der Waals surface area contributed by atoms with Gasteiger partial charge in [0.25, 0.3) is 0 Å². The van der Waals surface area contributed by atoms with E-state index in [2.05, 4.69) is 27.2 Å². The van der Waals surface area contributed by atoms with Gasteiger partial charge in [-0.1, -0.05) is 0 Å². The first-order valence-electron chi connectivity index (χ1n) is 10.1. The molecule has 1 aromatic heterocycles. The number of nitrogens with zero attached hydrogens (tertiary/aromatic N) is 5. The van der Waals surface area contributed by atoms with Crippen LogP contribution in [0.5, 0.6) is 0 Å². The van der Waals surface area contributed by atoms with Crippen LogP contribution in [0.3, 0.4) is 0 Å². The molecule has 1 fully saturated rings. The second kappa shape index (κ2) is 9.88. The summed E-state index contributed by atoms with van der Waals surface area (Å²) in [6.45, 7) is 8.53. The van der Waals surface area contributed by atoms with E-state index < -0.39 is 11.6 Å². The summed E-state index contributed by atoms with van der Waals surface area (Å²) in [4.78, 5) is 8.41. The van der Waals surface area contributed by atoms with Gasteiger partial charge in [-0.15, -0.1) is 0 Å². The fraction of sp³-hybridized carbons (Fsp3) is 0.524. The number of hydrogen-bond acceptors (Lipinski definition) is 4. The number of halogens is 2. The second-order valence-electron chi connectivity index (χ2n) is 7.34. The molecular formula is C21H30F2N6O. The largest absolute Gasteiger partial charge is 0.383 e. The van der Waals surface area contributed by atoms with Crippen LogP contribution in [0.25, 0.3) is 0 Å². The van der Waals surface area contributed by atoms with Crippen LogP contribution in [0.1, 0.15) is 17.0 Å². The predicted molar refractivity (Wildman–Crippen MR) is 114 cm³/mol. The number of anilines is 1. The van der Waals surface area contributed by atoms with Crippen LogP contribution in [0, 0.1) is 25.5 Å². The Kier molecular flexibility index (Phi) is 7.25. The molecule has 0 aliphatic carbocycles. The first kappa shape index (κ1) is 22.0. The number of piperazine rings is 1. The van der Waals surface area contributed by atoms with E-state index in [0.29, 0.717) is 45.0 Å². The molecule has 0 amide bonds. The number of methoxy groups -OCH3 is 1. The molecule has 30 heavy (non-hydrogen) atoms. The van der Waals surface area contributed by atoms with Crippen molar-refractivity contribution in [3.8, 4) is 0 Å². The maximum Gasteiger partial charge on any atom is 0.194 e. The molecule has 0 bridgehead atoms. The second-order valence-corrected chi connectivity index (χ2v) is 7.34. The molecule has 0 unspecified atom stereocenters. The van der Waals surface area contributed by atoms with Crippen LogP contribution < -0.4 is 10.2 Å².